The van der Waals surface area contributed by atoms with E-state index in [1.807, 2.05) is 0 Å². The molecule has 0 aliphatic rings. The molecule has 0 amide bonds. The van der Waals surface area contributed by atoms with Gasteiger partial charge in [-0.25, -0.2) is 0 Å². The SMILES string of the molecule is C=CC(O)(C=C)[C@@H](O)[C@H](O)[C@H](O)[C@@H](O)C=O. The Labute approximate surface area is 92.8 Å². The maximum atomic E-state index is 10.2. The first-order chi connectivity index (χ1) is 7.33. The van der Waals surface area contributed by atoms with E-state index in [0.717, 1.165) is 12.2 Å². The lowest BCUT2D eigenvalue weighted by Crippen LogP contribution is -2.54. The van der Waals surface area contributed by atoms with Gasteiger partial charge in [-0.1, -0.05) is 25.3 Å². The van der Waals surface area contributed by atoms with Crippen LogP contribution in [0.2, 0.25) is 0 Å². The average molecular weight is 232 g/mol. The van der Waals surface area contributed by atoms with Crippen molar-refractivity contribution in [3.63, 3.8) is 0 Å². The van der Waals surface area contributed by atoms with Gasteiger partial charge in [-0.05, 0) is 0 Å². The summed E-state index contributed by atoms with van der Waals surface area (Å²) in [4.78, 5) is 10.2. The Kier molecular flexibility index (Phi) is 5.49. The first kappa shape index (κ1) is 14.9. The predicted octanol–water partition coefficient (Wildman–Crippen LogP) is -2.27. The average Bonchev–Trinajstić information content (AvgIpc) is 2.33. The summed E-state index contributed by atoms with van der Waals surface area (Å²) in [7, 11) is 0. The summed E-state index contributed by atoms with van der Waals surface area (Å²) in [5.74, 6) is 0. The zero-order valence-corrected chi connectivity index (χ0v) is 8.60. The van der Waals surface area contributed by atoms with E-state index in [2.05, 4.69) is 13.2 Å². The Morgan fingerprint density at radius 2 is 1.44 bits per heavy atom. The van der Waals surface area contributed by atoms with E-state index in [0.29, 0.717) is 0 Å². The number of aliphatic hydroxyl groups excluding tert-OH is 4. The summed E-state index contributed by atoms with van der Waals surface area (Å²) < 4.78 is 0. The number of carbonyl (C=O) groups excluding carboxylic acids is 1. The van der Waals surface area contributed by atoms with Crippen LogP contribution in [0.3, 0.4) is 0 Å². The first-order valence-electron chi connectivity index (χ1n) is 4.51. The first-order valence-corrected chi connectivity index (χ1v) is 4.51. The molecular formula is C10H16O6. The highest BCUT2D eigenvalue weighted by atomic mass is 16.4. The third kappa shape index (κ3) is 2.97. The molecule has 0 heterocycles. The lowest BCUT2D eigenvalue weighted by Gasteiger charge is -2.32. The summed E-state index contributed by atoms with van der Waals surface area (Å²) in [6, 6.07) is 0. The van der Waals surface area contributed by atoms with Crippen LogP contribution in [0.25, 0.3) is 0 Å². The largest absolute Gasteiger partial charge is 0.387 e. The lowest BCUT2D eigenvalue weighted by atomic mass is 9.89. The molecule has 0 spiro atoms. The van der Waals surface area contributed by atoms with Gasteiger partial charge >= 0.3 is 0 Å². The molecule has 0 saturated carbocycles. The number of carbonyl (C=O) groups is 1. The van der Waals surface area contributed by atoms with Crippen LogP contribution in [0.15, 0.2) is 25.3 Å². The molecule has 6 nitrogen and oxygen atoms in total. The van der Waals surface area contributed by atoms with Crippen LogP contribution in [0.4, 0.5) is 0 Å². The van der Waals surface area contributed by atoms with E-state index in [-0.39, 0.29) is 6.29 Å². The molecule has 0 aliphatic carbocycles. The van der Waals surface area contributed by atoms with Gasteiger partial charge in [0.1, 0.15) is 30.0 Å². The molecule has 4 atom stereocenters. The fourth-order valence-electron chi connectivity index (χ4n) is 1.07. The topological polar surface area (TPSA) is 118 Å². The zero-order valence-electron chi connectivity index (χ0n) is 8.60. The monoisotopic (exact) mass is 232 g/mol. The van der Waals surface area contributed by atoms with Crippen molar-refractivity contribution in [1.82, 2.24) is 0 Å². The minimum atomic E-state index is -2.02. The van der Waals surface area contributed by atoms with Gasteiger partial charge < -0.3 is 30.3 Å². The van der Waals surface area contributed by atoms with Gasteiger partial charge in [-0.2, -0.15) is 0 Å². The van der Waals surface area contributed by atoms with Gasteiger partial charge in [0.05, 0.1) is 0 Å². The molecule has 0 aromatic heterocycles. The summed E-state index contributed by atoms with van der Waals surface area (Å²) in [5, 5.41) is 46.8. The highest BCUT2D eigenvalue weighted by Gasteiger charge is 2.40. The molecule has 0 radical (unpaired) electrons. The Morgan fingerprint density at radius 3 is 1.75 bits per heavy atom. The number of hydrogen-bond donors (Lipinski definition) is 5. The minimum Gasteiger partial charge on any atom is -0.387 e. The molecule has 0 rings (SSSR count). The van der Waals surface area contributed by atoms with Crippen LogP contribution < -0.4 is 0 Å². The quantitative estimate of drug-likeness (QED) is 0.249. The third-order valence-electron chi connectivity index (χ3n) is 2.29. The third-order valence-corrected chi connectivity index (χ3v) is 2.29. The van der Waals surface area contributed by atoms with Crippen molar-refractivity contribution in [2.24, 2.45) is 0 Å². The molecule has 0 aromatic carbocycles. The molecular weight excluding hydrogens is 216 g/mol. The van der Waals surface area contributed by atoms with Crippen LogP contribution in [0, 0.1) is 0 Å². The standard InChI is InChI=1S/C10H16O6/c1-3-10(16,4-2)9(15)8(14)7(13)6(12)5-11/h3-9,12-16H,1-2H2/t6-,7+,8+,9-/m0/s1. The van der Waals surface area contributed by atoms with Crippen molar-refractivity contribution in [2.45, 2.75) is 30.0 Å². The molecule has 0 saturated heterocycles. The van der Waals surface area contributed by atoms with Crippen molar-refractivity contribution in [1.29, 1.82) is 0 Å². The Balaban J connectivity index is 4.84. The summed E-state index contributed by atoms with van der Waals surface area (Å²) in [6.07, 6.45) is -5.75. The molecule has 0 aromatic rings. The van der Waals surface area contributed by atoms with Crippen molar-refractivity contribution >= 4 is 6.29 Å². The van der Waals surface area contributed by atoms with Crippen LogP contribution in [-0.2, 0) is 4.79 Å². The Bertz CT molecular complexity index is 256. The van der Waals surface area contributed by atoms with Crippen molar-refractivity contribution in [3.05, 3.63) is 25.3 Å². The van der Waals surface area contributed by atoms with E-state index in [1.54, 1.807) is 0 Å². The molecule has 6 heteroatoms. The molecule has 92 valence electrons. The second kappa shape index (κ2) is 5.88. The molecule has 5 N–H and O–H groups in total. The van der Waals surface area contributed by atoms with Crippen LogP contribution in [-0.4, -0.2) is 61.8 Å². The smallest absolute Gasteiger partial charge is 0.151 e. The normalized spacial score (nSPS) is 19.3. The van der Waals surface area contributed by atoms with Gasteiger partial charge in [-0.3, -0.25) is 0 Å². The lowest BCUT2D eigenvalue weighted by molar-refractivity contribution is -0.149. The Hall–Kier alpha value is -1.05. The minimum absolute atomic E-state index is 0.00147. The van der Waals surface area contributed by atoms with Crippen LogP contribution in [0.5, 0.6) is 0 Å². The zero-order chi connectivity index (χ0) is 12.9. The predicted molar refractivity (Wildman–Crippen MR) is 55.4 cm³/mol. The van der Waals surface area contributed by atoms with Gasteiger partial charge in [0.25, 0.3) is 0 Å². The van der Waals surface area contributed by atoms with E-state index in [4.69, 9.17) is 5.11 Å². The van der Waals surface area contributed by atoms with Crippen molar-refractivity contribution < 1.29 is 30.3 Å². The van der Waals surface area contributed by atoms with Gasteiger partial charge in [0.15, 0.2) is 6.29 Å². The molecule has 0 unspecified atom stereocenters. The molecule has 16 heavy (non-hydrogen) atoms. The number of rotatable bonds is 7. The summed E-state index contributed by atoms with van der Waals surface area (Å²) >= 11 is 0. The van der Waals surface area contributed by atoms with E-state index < -0.39 is 30.0 Å². The van der Waals surface area contributed by atoms with Gasteiger partial charge in [0.2, 0.25) is 0 Å². The highest BCUT2D eigenvalue weighted by Crippen LogP contribution is 2.19. The fourth-order valence-corrected chi connectivity index (χ4v) is 1.07. The number of aldehydes is 1. The van der Waals surface area contributed by atoms with E-state index >= 15 is 0 Å². The number of aliphatic hydroxyl groups is 5. The molecule has 0 aliphatic heterocycles. The molecule has 0 bridgehead atoms. The summed E-state index contributed by atoms with van der Waals surface area (Å²) in [5.41, 5.74) is -2.02. The van der Waals surface area contributed by atoms with Crippen molar-refractivity contribution in [3.8, 4) is 0 Å². The summed E-state index contributed by atoms with van der Waals surface area (Å²) in [6.45, 7) is 6.45. The second-order valence-corrected chi connectivity index (χ2v) is 3.35. The molecule has 0 fully saturated rings. The second-order valence-electron chi connectivity index (χ2n) is 3.35. The maximum absolute atomic E-state index is 10.2. The van der Waals surface area contributed by atoms with Crippen LogP contribution in [0.1, 0.15) is 0 Å². The van der Waals surface area contributed by atoms with Crippen molar-refractivity contribution in [2.75, 3.05) is 0 Å². The number of hydrogen-bond acceptors (Lipinski definition) is 6. The Morgan fingerprint density at radius 1 is 1.00 bits per heavy atom. The van der Waals surface area contributed by atoms with Crippen LogP contribution >= 0.6 is 0 Å². The maximum Gasteiger partial charge on any atom is 0.151 e. The van der Waals surface area contributed by atoms with E-state index in [9.17, 15) is 25.2 Å². The van der Waals surface area contributed by atoms with Gasteiger partial charge in [-0.15, -0.1) is 0 Å². The van der Waals surface area contributed by atoms with E-state index in [1.165, 1.54) is 0 Å². The highest BCUT2D eigenvalue weighted by molar-refractivity contribution is 5.56. The fraction of sp³-hybridized carbons (Fsp3) is 0.500. The van der Waals surface area contributed by atoms with Gasteiger partial charge in [0, 0.05) is 0 Å².